The summed E-state index contributed by atoms with van der Waals surface area (Å²) in [5, 5.41) is 3.53. The van der Waals surface area contributed by atoms with Gasteiger partial charge in [-0.25, -0.2) is 0 Å². The molecule has 0 aromatic heterocycles. The van der Waals surface area contributed by atoms with E-state index in [9.17, 15) is 0 Å². The van der Waals surface area contributed by atoms with E-state index >= 15 is 0 Å². The second-order valence-corrected chi connectivity index (χ2v) is 5.59. The summed E-state index contributed by atoms with van der Waals surface area (Å²) >= 11 is 0. The van der Waals surface area contributed by atoms with Gasteiger partial charge in [-0.1, -0.05) is 13.8 Å². The summed E-state index contributed by atoms with van der Waals surface area (Å²) < 4.78 is 0. The van der Waals surface area contributed by atoms with E-state index in [2.05, 4.69) is 31.1 Å². The first-order valence-corrected chi connectivity index (χ1v) is 6.05. The molecule has 1 aliphatic carbocycles. The lowest BCUT2D eigenvalue weighted by molar-refractivity contribution is 0.131. The van der Waals surface area contributed by atoms with Crippen LogP contribution in [-0.4, -0.2) is 37.6 Å². The fraction of sp³-hybridized carbons (Fsp3) is 1.00. The molecule has 2 nitrogen and oxygen atoms in total. The molecule has 1 unspecified atom stereocenters. The molecule has 0 aromatic carbocycles. The van der Waals surface area contributed by atoms with Gasteiger partial charge in [0.2, 0.25) is 0 Å². The maximum Gasteiger partial charge on any atom is 0.00936 e. The molecule has 14 heavy (non-hydrogen) atoms. The van der Waals surface area contributed by atoms with Crippen LogP contribution in [0.2, 0.25) is 0 Å². The van der Waals surface area contributed by atoms with Crippen LogP contribution >= 0.6 is 0 Å². The molecule has 1 aliphatic heterocycles. The highest BCUT2D eigenvalue weighted by Gasteiger charge is 2.40. The minimum atomic E-state index is 0.553. The second-order valence-electron chi connectivity index (χ2n) is 5.59. The average Bonchev–Trinajstić information content (AvgIpc) is 2.88. The molecule has 2 rings (SSSR count). The van der Waals surface area contributed by atoms with Gasteiger partial charge in [-0.05, 0) is 44.2 Å². The van der Waals surface area contributed by atoms with Crippen molar-refractivity contribution in [1.29, 1.82) is 0 Å². The first-order chi connectivity index (χ1) is 6.64. The third-order valence-corrected chi connectivity index (χ3v) is 4.24. The average molecular weight is 196 g/mol. The molecule has 1 N–H and O–H groups in total. The van der Waals surface area contributed by atoms with Crippen molar-refractivity contribution in [2.24, 2.45) is 11.3 Å². The van der Waals surface area contributed by atoms with Crippen LogP contribution in [0.3, 0.4) is 0 Å². The highest BCUT2D eigenvalue weighted by Crippen LogP contribution is 2.37. The van der Waals surface area contributed by atoms with Crippen molar-refractivity contribution in [1.82, 2.24) is 10.2 Å². The molecule has 0 aromatic rings. The van der Waals surface area contributed by atoms with Gasteiger partial charge in [-0.3, -0.25) is 0 Å². The maximum atomic E-state index is 3.53. The van der Waals surface area contributed by atoms with E-state index in [0.717, 1.165) is 12.0 Å². The number of hydrogen-bond donors (Lipinski definition) is 1. The van der Waals surface area contributed by atoms with Gasteiger partial charge in [0.15, 0.2) is 0 Å². The van der Waals surface area contributed by atoms with Crippen LogP contribution in [0.15, 0.2) is 0 Å². The first-order valence-electron chi connectivity index (χ1n) is 6.05. The quantitative estimate of drug-likeness (QED) is 0.736. The Balaban J connectivity index is 1.95. The Morgan fingerprint density at radius 2 is 2.14 bits per heavy atom. The largest absolute Gasteiger partial charge is 0.316 e. The summed E-state index contributed by atoms with van der Waals surface area (Å²) in [5.41, 5.74) is 0.553. The van der Waals surface area contributed by atoms with Crippen molar-refractivity contribution in [3.63, 3.8) is 0 Å². The fourth-order valence-electron chi connectivity index (χ4n) is 2.71. The van der Waals surface area contributed by atoms with E-state index in [1.54, 1.807) is 0 Å². The summed E-state index contributed by atoms with van der Waals surface area (Å²) in [6.45, 7) is 8.50. The first kappa shape index (κ1) is 10.4. The van der Waals surface area contributed by atoms with Crippen molar-refractivity contribution in [3.8, 4) is 0 Å². The van der Waals surface area contributed by atoms with Gasteiger partial charge in [0.05, 0.1) is 0 Å². The molecule has 0 bridgehead atoms. The van der Waals surface area contributed by atoms with Crippen molar-refractivity contribution < 1.29 is 0 Å². The molecule has 2 heteroatoms. The third kappa shape index (κ3) is 1.96. The summed E-state index contributed by atoms with van der Waals surface area (Å²) in [6, 6.07) is 0.909. The SMILES string of the molecule is CC(C)C1(CN(C)C2CC2)CCNC1. The normalized spacial score (nSPS) is 33.2. The molecule has 1 saturated heterocycles. The lowest BCUT2D eigenvalue weighted by Gasteiger charge is -2.36. The fourth-order valence-corrected chi connectivity index (χ4v) is 2.71. The molecule has 2 aliphatic rings. The molecular weight excluding hydrogens is 172 g/mol. The van der Waals surface area contributed by atoms with Gasteiger partial charge in [0.1, 0.15) is 0 Å². The summed E-state index contributed by atoms with van der Waals surface area (Å²) in [5.74, 6) is 0.804. The number of hydrogen-bond acceptors (Lipinski definition) is 2. The Bertz CT molecular complexity index is 190. The van der Waals surface area contributed by atoms with Crippen LogP contribution < -0.4 is 5.32 Å². The molecule has 0 radical (unpaired) electrons. The van der Waals surface area contributed by atoms with E-state index in [-0.39, 0.29) is 0 Å². The zero-order valence-corrected chi connectivity index (χ0v) is 9.84. The highest BCUT2D eigenvalue weighted by molar-refractivity contribution is 4.95. The van der Waals surface area contributed by atoms with Crippen molar-refractivity contribution in [3.05, 3.63) is 0 Å². The Kier molecular flexibility index (Phi) is 2.85. The second kappa shape index (κ2) is 3.82. The molecule has 1 saturated carbocycles. The van der Waals surface area contributed by atoms with Crippen molar-refractivity contribution >= 4 is 0 Å². The molecular formula is C12H24N2. The van der Waals surface area contributed by atoms with Gasteiger partial charge >= 0.3 is 0 Å². The minimum absolute atomic E-state index is 0.553. The number of nitrogens with one attached hydrogen (secondary N) is 1. The van der Waals surface area contributed by atoms with E-state index in [1.165, 1.54) is 38.9 Å². The lowest BCUT2D eigenvalue weighted by Crippen LogP contribution is -2.42. The standard InChI is InChI=1S/C12H24N2/c1-10(2)12(6-7-13-8-12)9-14(3)11-4-5-11/h10-11,13H,4-9H2,1-3H3. The van der Waals surface area contributed by atoms with Crippen molar-refractivity contribution in [2.75, 3.05) is 26.7 Å². The highest BCUT2D eigenvalue weighted by atomic mass is 15.2. The van der Waals surface area contributed by atoms with E-state index in [1.807, 2.05) is 0 Å². The Morgan fingerprint density at radius 3 is 2.57 bits per heavy atom. The molecule has 1 heterocycles. The van der Waals surface area contributed by atoms with E-state index in [0.29, 0.717) is 5.41 Å². The van der Waals surface area contributed by atoms with Crippen LogP contribution in [0, 0.1) is 11.3 Å². The zero-order chi connectivity index (χ0) is 10.2. The molecule has 82 valence electrons. The molecule has 2 fully saturated rings. The van der Waals surface area contributed by atoms with Gasteiger partial charge in [0.25, 0.3) is 0 Å². The predicted molar refractivity (Wildman–Crippen MR) is 60.4 cm³/mol. The minimum Gasteiger partial charge on any atom is -0.316 e. The maximum absolute atomic E-state index is 3.53. The summed E-state index contributed by atoms with van der Waals surface area (Å²) in [6.07, 6.45) is 4.22. The predicted octanol–water partition coefficient (Wildman–Crippen LogP) is 1.72. The van der Waals surface area contributed by atoms with Crippen LogP contribution in [0.5, 0.6) is 0 Å². The van der Waals surface area contributed by atoms with Crippen LogP contribution in [0.1, 0.15) is 33.1 Å². The lowest BCUT2D eigenvalue weighted by atomic mass is 9.76. The van der Waals surface area contributed by atoms with Crippen LogP contribution in [0.4, 0.5) is 0 Å². The van der Waals surface area contributed by atoms with Gasteiger partial charge in [0, 0.05) is 19.1 Å². The molecule has 0 spiro atoms. The number of rotatable bonds is 4. The van der Waals surface area contributed by atoms with Gasteiger partial charge < -0.3 is 10.2 Å². The smallest absolute Gasteiger partial charge is 0.00936 e. The zero-order valence-electron chi connectivity index (χ0n) is 9.84. The van der Waals surface area contributed by atoms with Crippen molar-refractivity contribution in [2.45, 2.75) is 39.2 Å². The Morgan fingerprint density at radius 1 is 1.43 bits per heavy atom. The van der Waals surface area contributed by atoms with Crippen LogP contribution in [-0.2, 0) is 0 Å². The Hall–Kier alpha value is -0.0800. The third-order valence-electron chi connectivity index (χ3n) is 4.24. The monoisotopic (exact) mass is 196 g/mol. The molecule has 1 atom stereocenters. The molecule has 0 amide bonds. The van der Waals surface area contributed by atoms with E-state index < -0.39 is 0 Å². The topological polar surface area (TPSA) is 15.3 Å². The number of nitrogens with zero attached hydrogens (tertiary/aromatic N) is 1. The Labute approximate surface area is 88.1 Å². The van der Waals surface area contributed by atoms with E-state index in [4.69, 9.17) is 0 Å². The van der Waals surface area contributed by atoms with Gasteiger partial charge in [-0.2, -0.15) is 0 Å². The van der Waals surface area contributed by atoms with Crippen LogP contribution in [0.25, 0.3) is 0 Å². The summed E-state index contributed by atoms with van der Waals surface area (Å²) in [4.78, 5) is 2.59. The van der Waals surface area contributed by atoms with Gasteiger partial charge in [-0.15, -0.1) is 0 Å². The summed E-state index contributed by atoms with van der Waals surface area (Å²) in [7, 11) is 2.31.